The molecule has 2 aromatic carbocycles. The Kier molecular flexibility index (Phi) is 6.72. The van der Waals surface area contributed by atoms with Crippen molar-refractivity contribution in [3.05, 3.63) is 71.0 Å². The molecule has 0 N–H and O–H groups in total. The molecule has 1 aliphatic rings. The van der Waals surface area contributed by atoms with Crippen LogP contribution in [0.2, 0.25) is 5.02 Å². The Morgan fingerprint density at radius 2 is 2.00 bits per heavy atom. The number of amides is 1. The Hall–Kier alpha value is -3.06. The van der Waals surface area contributed by atoms with Crippen molar-refractivity contribution in [3.63, 3.8) is 0 Å². The predicted molar refractivity (Wildman–Crippen MR) is 118 cm³/mol. The molecule has 2 heterocycles. The highest BCUT2D eigenvalue weighted by atomic mass is 35.5. The third kappa shape index (κ3) is 5.55. The summed E-state index contributed by atoms with van der Waals surface area (Å²) in [5, 5.41) is 8.89. The van der Waals surface area contributed by atoms with Gasteiger partial charge in [0.05, 0.1) is 26.5 Å². The van der Waals surface area contributed by atoms with Crippen LogP contribution in [0.3, 0.4) is 0 Å². The lowest BCUT2D eigenvalue weighted by molar-refractivity contribution is 0.0627. The molecular formula is C23H25ClN4O3. The molecule has 162 valence electrons. The molecule has 1 aliphatic heterocycles. The second-order valence-corrected chi connectivity index (χ2v) is 8.11. The summed E-state index contributed by atoms with van der Waals surface area (Å²) < 4.78 is 12.8. The standard InChI is InChI=1S/C23H25ClN4O3/c1-30-20-5-2-6-21(12-20)31-16-18-4-3-11-27(13-18)23(29)22-15-28(26-25-22)14-17-7-9-19(24)10-8-17/h2,5-10,12,15,18H,3-4,11,13-14,16H2,1H3. The molecule has 0 bridgehead atoms. The fourth-order valence-electron chi connectivity index (χ4n) is 3.70. The Morgan fingerprint density at radius 3 is 2.81 bits per heavy atom. The number of carbonyl (C=O) groups excluding carboxylic acids is 1. The van der Waals surface area contributed by atoms with Gasteiger partial charge >= 0.3 is 0 Å². The summed E-state index contributed by atoms with van der Waals surface area (Å²) in [6, 6.07) is 15.1. The smallest absolute Gasteiger partial charge is 0.276 e. The lowest BCUT2D eigenvalue weighted by Gasteiger charge is -2.32. The minimum atomic E-state index is -0.0894. The highest BCUT2D eigenvalue weighted by Crippen LogP contribution is 2.23. The van der Waals surface area contributed by atoms with Crippen molar-refractivity contribution >= 4 is 17.5 Å². The summed E-state index contributed by atoms with van der Waals surface area (Å²) in [7, 11) is 1.63. The van der Waals surface area contributed by atoms with Crippen LogP contribution in [-0.2, 0) is 6.54 Å². The van der Waals surface area contributed by atoms with Gasteiger partial charge in [-0.15, -0.1) is 5.10 Å². The van der Waals surface area contributed by atoms with Crippen LogP contribution >= 0.6 is 11.6 Å². The van der Waals surface area contributed by atoms with E-state index in [0.29, 0.717) is 30.4 Å². The molecule has 1 unspecified atom stereocenters. The second-order valence-electron chi connectivity index (χ2n) is 7.68. The number of carbonyl (C=O) groups is 1. The van der Waals surface area contributed by atoms with Crippen molar-refractivity contribution in [3.8, 4) is 11.5 Å². The first-order valence-electron chi connectivity index (χ1n) is 10.3. The molecule has 1 amide bonds. The highest BCUT2D eigenvalue weighted by Gasteiger charge is 2.26. The van der Waals surface area contributed by atoms with Gasteiger partial charge in [0.15, 0.2) is 5.69 Å². The summed E-state index contributed by atoms with van der Waals surface area (Å²) >= 11 is 5.93. The van der Waals surface area contributed by atoms with Crippen LogP contribution in [0.1, 0.15) is 28.9 Å². The Labute approximate surface area is 186 Å². The van der Waals surface area contributed by atoms with E-state index in [9.17, 15) is 4.79 Å². The number of ether oxygens (including phenoxy) is 2. The van der Waals surface area contributed by atoms with E-state index in [-0.39, 0.29) is 11.8 Å². The summed E-state index contributed by atoms with van der Waals surface area (Å²) in [6.45, 7) is 2.46. The molecule has 1 atom stereocenters. The van der Waals surface area contributed by atoms with Gasteiger partial charge in [0, 0.05) is 30.1 Å². The maximum Gasteiger partial charge on any atom is 0.276 e. The van der Waals surface area contributed by atoms with Gasteiger partial charge in [-0.25, -0.2) is 4.68 Å². The first kappa shape index (κ1) is 21.2. The Morgan fingerprint density at radius 1 is 1.19 bits per heavy atom. The fourth-order valence-corrected chi connectivity index (χ4v) is 3.83. The molecule has 3 aromatic rings. The van der Waals surface area contributed by atoms with E-state index in [2.05, 4.69) is 10.3 Å². The van der Waals surface area contributed by atoms with E-state index in [4.69, 9.17) is 21.1 Å². The van der Waals surface area contributed by atoms with E-state index < -0.39 is 0 Å². The number of hydrogen-bond donors (Lipinski definition) is 0. The molecule has 0 saturated carbocycles. The normalized spacial score (nSPS) is 16.2. The lowest BCUT2D eigenvalue weighted by atomic mass is 9.98. The second kappa shape index (κ2) is 9.83. The van der Waals surface area contributed by atoms with Gasteiger partial charge < -0.3 is 14.4 Å². The zero-order valence-electron chi connectivity index (χ0n) is 17.4. The number of halogens is 1. The SMILES string of the molecule is COc1cccc(OCC2CCCN(C(=O)c3cn(Cc4ccc(Cl)cc4)nn3)C2)c1. The van der Waals surface area contributed by atoms with Crippen molar-refractivity contribution in [2.24, 2.45) is 5.92 Å². The number of methoxy groups -OCH3 is 1. The van der Waals surface area contributed by atoms with Crippen molar-refractivity contribution in [1.82, 2.24) is 19.9 Å². The predicted octanol–water partition coefficient (Wildman–Crippen LogP) is 3.92. The van der Waals surface area contributed by atoms with Gasteiger partial charge in [-0.05, 0) is 42.7 Å². The largest absolute Gasteiger partial charge is 0.497 e. The molecule has 0 spiro atoms. The van der Waals surface area contributed by atoms with Crippen LogP contribution in [0, 0.1) is 5.92 Å². The van der Waals surface area contributed by atoms with Gasteiger partial charge in [-0.3, -0.25) is 4.79 Å². The van der Waals surface area contributed by atoms with Gasteiger partial charge in [-0.1, -0.05) is 35.0 Å². The van der Waals surface area contributed by atoms with Gasteiger partial charge in [0.25, 0.3) is 5.91 Å². The summed E-state index contributed by atoms with van der Waals surface area (Å²) in [6.07, 6.45) is 3.67. The zero-order valence-corrected chi connectivity index (χ0v) is 18.2. The maximum atomic E-state index is 12.9. The molecule has 4 rings (SSSR count). The monoisotopic (exact) mass is 440 g/mol. The zero-order chi connectivity index (χ0) is 21.6. The lowest BCUT2D eigenvalue weighted by Crippen LogP contribution is -2.41. The van der Waals surface area contributed by atoms with Crippen molar-refractivity contribution in [2.45, 2.75) is 19.4 Å². The number of rotatable bonds is 7. The summed E-state index contributed by atoms with van der Waals surface area (Å²) in [5.41, 5.74) is 1.41. The van der Waals surface area contributed by atoms with Crippen LogP contribution in [0.15, 0.2) is 54.7 Å². The van der Waals surface area contributed by atoms with Gasteiger partial charge in [0.2, 0.25) is 0 Å². The summed E-state index contributed by atoms with van der Waals surface area (Å²) in [4.78, 5) is 14.8. The molecule has 1 fully saturated rings. The van der Waals surface area contributed by atoms with Crippen molar-refractivity contribution in [2.75, 3.05) is 26.8 Å². The number of likely N-dealkylation sites (tertiary alicyclic amines) is 1. The number of aromatic nitrogens is 3. The van der Waals surface area contributed by atoms with Crippen LogP contribution < -0.4 is 9.47 Å². The quantitative estimate of drug-likeness (QED) is 0.557. The topological polar surface area (TPSA) is 69.5 Å². The van der Waals surface area contributed by atoms with E-state index in [0.717, 1.165) is 36.4 Å². The third-order valence-electron chi connectivity index (χ3n) is 5.35. The molecule has 8 heteroatoms. The van der Waals surface area contributed by atoms with E-state index >= 15 is 0 Å². The van der Waals surface area contributed by atoms with E-state index in [1.54, 1.807) is 18.0 Å². The van der Waals surface area contributed by atoms with Gasteiger partial charge in [-0.2, -0.15) is 0 Å². The number of hydrogen-bond acceptors (Lipinski definition) is 5. The van der Waals surface area contributed by atoms with Gasteiger partial charge in [0.1, 0.15) is 11.5 Å². The number of nitrogens with zero attached hydrogens (tertiary/aromatic N) is 4. The maximum absolute atomic E-state index is 12.9. The third-order valence-corrected chi connectivity index (χ3v) is 5.60. The first-order chi connectivity index (χ1) is 15.1. The summed E-state index contributed by atoms with van der Waals surface area (Å²) in [5.74, 6) is 1.72. The number of piperidine rings is 1. The van der Waals surface area contributed by atoms with Crippen molar-refractivity contribution in [1.29, 1.82) is 0 Å². The minimum absolute atomic E-state index is 0.0894. The molecule has 0 aliphatic carbocycles. The minimum Gasteiger partial charge on any atom is -0.497 e. The molecule has 1 saturated heterocycles. The van der Waals surface area contributed by atoms with E-state index in [1.165, 1.54) is 0 Å². The molecule has 0 radical (unpaired) electrons. The van der Waals surface area contributed by atoms with E-state index in [1.807, 2.05) is 53.4 Å². The average molecular weight is 441 g/mol. The molecule has 1 aromatic heterocycles. The highest BCUT2D eigenvalue weighted by molar-refractivity contribution is 6.30. The van der Waals surface area contributed by atoms with Crippen molar-refractivity contribution < 1.29 is 14.3 Å². The first-order valence-corrected chi connectivity index (χ1v) is 10.7. The fraction of sp³-hybridized carbons (Fsp3) is 0.348. The average Bonchev–Trinajstić information content (AvgIpc) is 3.27. The van der Waals surface area contributed by atoms with Crippen LogP contribution in [0.25, 0.3) is 0 Å². The van der Waals surface area contributed by atoms with Crippen LogP contribution in [0.4, 0.5) is 0 Å². The Bertz CT molecular complexity index is 1020. The molecule has 7 nitrogen and oxygen atoms in total. The molecule has 31 heavy (non-hydrogen) atoms. The number of benzene rings is 2. The van der Waals surface area contributed by atoms with Crippen LogP contribution in [-0.4, -0.2) is 52.6 Å². The Balaban J connectivity index is 1.33. The van der Waals surface area contributed by atoms with Crippen LogP contribution in [0.5, 0.6) is 11.5 Å². The molecular weight excluding hydrogens is 416 g/mol.